The van der Waals surface area contributed by atoms with Crippen molar-refractivity contribution in [1.29, 1.82) is 0 Å². The van der Waals surface area contributed by atoms with Gasteiger partial charge in [0.2, 0.25) is 0 Å². The zero-order chi connectivity index (χ0) is 24.8. The Bertz CT molecular complexity index is 1420. The zero-order valence-corrected chi connectivity index (χ0v) is 23.1. The molecule has 0 saturated carbocycles. The number of fused-ring (bicyclic) bond motifs is 2. The molecule has 0 atom stereocenters. The molecule has 3 heteroatoms. The van der Waals surface area contributed by atoms with Gasteiger partial charge in [-0.1, -0.05) is 94.1 Å². The van der Waals surface area contributed by atoms with Gasteiger partial charge in [0.05, 0.1) is 32.2 Å². The standard InChI is InChI=1S/C31H37NOSi/c1-20(21(2)33-6)29-19-26(25-18-23(34(7,8)9)15-17-28(25)32-29)30-24-13-11-10-12-22(24)14-16-27(30)31(3,4)5/h10-19H,1-9H3/b21-20-. The van der Waals surface area contributed by atoms with Gasteiger partial charge in [0.15, 0.2) is 0 Å². The highest BCUT2D eigenvalue weighted by atomic mass is 28.3. The van der Waals surface area contributed by atoms with Crippen LogP contribution in [0.3, 0.4) is 0 Å². The van der Waals surface area contributed by atoms with Crippen LogP contribution in [0.4, 0.5) is 0 Å². The van der Waals surface area contributed by atoms with Gasteiger partial charge in [-0.15, -0.1) is 0 Å². The van der Waals surface area contributed by atoms with Crippen molar-refractivity contribution in [2.75, 3.05) is 7.11 Å². The fourth-order valence-electron chi connectivity index (χ4n) is 4.61. The van der Waals surface area contributed by atoms with Gasteiger partial charge in [-0.25, -0.2) is 4.98 Å². The van der Waals surface area contributed by atoms with Gasteiger partial charge in [0, 0.05) is 11.0 Å². The maximum absolute atomic E-state index is 5.58. The highest BCUT2D eigenvalue weighted by molar-refractivity contribution is 6.88. The molecule has 176 valence electrons. The molecule has 4 rings (SSSR count). The molecule has 0 radical (unpaired) electrons. The minimum absolute atomic E-state index is 0.00115. The second-order valence-corrected chi connectivity index (χ2v) is 16.5. The first kappa shape index (κ1) is 24.2. The summed E-state index contributed by atoms with van der Waals surface area (Å²) in [6.07, 6.45) is 0. The lowest BCUT2D eigenvalue weighted by Crippen LogP contribution is -2.37. The Balaban J connectivity index is 2.22. The second-order valence-electron chi connectivity index (χ2n) is 11.4. The number of hydrogen-bond acceptors (Lipinski definition) is 2. The second kappa shape index (κ2) is 8.70. The molecule has 0 saturated heterocycles. The Morgan fingerprint density at radius 1 is 0.853 bits per heavy atom. The third-order valence-corrected chi connectivity index (χ3v) is 8.94. The van der Waals surface area contributed by atoms with Crippen LogP contribution < -0.4 is 5.19 Å². The van der Waals surface area contributed by atoms with Crippen LogP contribution in [-0.2, 0) is 10.2 Å². The molecule has 0 fully saturated rings. The van der Waals surface area contributed by atoms with Crippen molar-refractivity contribution in [2.45, 2.75) is 59.7 Å². The minimum Gasteiger partial charge on any atom is -0.501 e. The van der Waals surface area contributed by atoms with Crippen LogP contribution in [0.2, 0.25) is 19.6 Å². The SMILES string of the molecule is CO/C(C)=C(/C)c1cc(-c2c(C(C)(C)C)ccc3ccccc23)c2cc([Si](C)(C)C)ccc2n1. The Morgan fingerprint density at radius 2 is 1.56 bits per heavy atom. The molecule has 0 aliphatic rings. The Morgan fingerprint density at radius 3 is 2.21 bits per heavy atom. The van der Waals surface area contributed by atoms with Crippen molar-refractivity contribution in [3.05, 3.63) is 77.7 Å². The Kier molecular flexibility index (Phi) is 6.20. The van der Waals surface area contributed by atoms with E-state index in [0.29, 0.717) is 0 Å². The van der Waals surface area contributed by atoms with Crippen LogP contribution in [0.15, 0.2) is 66.4 Å². The average Bonchev–Trinajstić information content (AvgIpc) is 2.80. The van der Waals surface area contributed by atoms with Gasteiger partial charge in [-0.3, -0.25) is 0 Å². The number of benzene rings is 3. The lowest BCUT2D eigenvalue weighted by atomic mass is 9.79. The fourth-order valence-corrected chi connectivity index (χ4v) is 5.77. The normalized spacial score (nSPS) is 13.3. The first-order chi connectivity index (χ1) is 15.9. The summed E-state index contributed by atoms with van der Waals surface area (Å²) in [7, 11) is 0.231. The van der Waals surface area contributed by atoms with E-state index in [2.05, 4.69) is 108 Å². The number of nitrogens with zero attached hydrogens (tertiary/aromatic N) is 1. The number of rotatable bonds is 4. The molecular weight excluding hydrogens is 430 g/mol. The average molecular weight is 468 g/mol. The van der Waals surface area contributed by atoms with E-state index in [9.17, 15) is 0 Å². The summed E-state index contributed by atoms with van der Waals surface area (Å²) in [6.45, 7) is 18.2. The van der Waals surface area contributed by atoms with E-state index >= 15 is 0 Å². The predicted octanol–water partition coefficient (Wildman–Crippen LogP) is 8.30. The molecule has 34 heavy (non-hydrogen) atoms. The largest absolute Gasteiger partial charge is 0.501 e. The molecule has 3 aromatic carbocycles. The van der Waals surface area contributed by atoms with Crippen LogP contribution in [0, 0.1) is 0 Å². The van der Waals surface area contributed by atoms with E-state index in [0.717, 1.165) is 22.5 Å². The fraction of sp³-hybridized carbons (Fsp3) is 0.323. The summed E-state index contributed by atoms with van der Waals surface area (Å²) >= 11 is 0. The summed E-state index contributed by atoms with van der Waals surface area (Å²) in [6, 6.07) is 22.5. The Hall–Kier alpha value is -2.91. The molecule has 0 amide bonds. The summed E-state index contributed by atoms with van der Waals surface area (Å²) in [5.41, 5.74) is 6.99. The molecule has 4 aromatic rings. The van der Waals surface area contributed by atoms with Gasteiger partial charge in [-0.05, 0) is 58.9 Å². The molecule has 1 heterocycles. The smallest absolute Gasteiger partial charge is 0.0975 e. The molecular formula is C31H37NOSi. The van der Waals surface area contributed by atoms with Crippen molar-refractivity contribution in [3.8, 4) is 11.1 Å². The molecule has 0 unspecified atom stereocenters. The van der Waals surface area contributed by atoms with Crippen LogP contribution in [0.25, 0.3) is 38.4 Å². The number of methoxy groups -OCH3 is 1. The maximum Gasteiger partial charge on any atom is 0.0975 e. The number of allylic oxidation sites excluding steroid dienone is 2. The molecule has 0 bridgehead atoms. The van der Waals surface area contributed by atoms with Gasteiger partial charge in [0.25, 0.3) is 0 Å². The van der Waals surface area contributed by atoms with Crippen molar-refractivity contribution in [3.63, 3.8) is 0 Å². The number of hydrogen-bond donors (Lipinski definition) is 0. The van der Waals surface area contributed by atoms with E-state index in [4.69, 9.17) is 9.72 Å². The van der Waals surface area contributed by atoms with Crippen LogP contribution in [-0.4, -0.2) is 20.2 Å². The molecule has 0 aliphatic carbocycles. The van der Waals surface area contributed by atoms with E-state index in [-0.39, 0.29) is 5.41 Å². The Labute approximate surface area is 205 Å². The third-order valence-electron chi connectivity index (χ3n) is 6.90. The summed E-state index contributed by atoms with van der Waals surface area (Å²) in [5, 5.41) is 5.23. The highest BCUT2D eigenvalue weighted by Crippen LogP contribution is 2.42. The lowest BCUT2D eigenvalue weighted by Gasteiger charge is -2.26. The maximum atomic E-state index is 5.58. The third kappa shape index (κ3) is 4.42. The van der Waals surface area contributed by atoms with Gasteiger partial charge >= 0.3 is 0 Å². The van der Waals surface area contributed by atoms with Crippen LogP contribution >= 0.6 is 0 Å². The lowest BCUT2D eigenvalue weighted by molar-refractivity contribution is 0.295. The molecule has 2 nitrogen and oxygen atoms in total. The molecule has 0 spiro atoms. The summed E-state index contributed by atoms with van der Waals surface area (Å²) < 4.78 is 5.58. The summed E-state index contributed by atoms with van der Waals surface area (Å²) in [4.78, 5) is 5.10. The van der Waals surface area contributed by atoms with Crippen LogP contribution in [0.1, 0.15) is 45.9 Å². The molecule has 0 aliphatic heterocycles. The topological polar surface area (TPSA) is 22.1 Å². The predicted molar refractivity (Wildman–Crippen MR) is 152 cm³/mol. The first-order valence-electron chi connectivity index (χ1n) is 12.1. The van der Waals surface area contributed by atoms with Gasteiger partial charge in [0.1, 0.15) is 0 Å². The van der Waals surface area contributed by atoms with E-state index in [1.54, 1.807) is 7.11 Å². The highest BCUT2D eigenvalue weighted by Gasteiger charge is 2.24. The van der Waals surface area contributed by atoms with E-state index in [1.165, 1.54) is 38.0 Å². The number of aromatic nitrogens is 1. The monoisotopic (exact) mass is 467 g/mol. The molecule has 1 aromatic heterocycles. The van der Waals surface area contributed by atoms with E-state index < -0.39 is 8.07 Å². The van der Waals surface area contributed by atoms with Crippen molar-refractivity contribution in [2.24, 2.45) is 0 Å². The van der Waals surface area contributed by atoms with Crippen molar-refractivity contribution in [1.82, 2.24) is 4.98 Å². The van der Waals surface area contributed by atoms with E-state index in [1.807, 2.05) is 6.92 Å². The first-order valence-corrected chi connectivity index (χ1v) is 15.6. The zero-order valence-electron chi connectivity index (χ0n) is 22.1. The quantitative estimate of drug-likeness (QED) is 0.222. The van der Waals surface area contributed by atoms with Crippen molar-refractivity contribution < 1.29 is 4.74 Å². The van der Waals surface area contributed by atoms with Gasteiger partial charge < -0.3 is 4.74 Å². The number of pyridine rings is 1. The number of ether oxygens (including phenoxy) is 1. The minimum atomic E-state index is -1.49. The van der Waals surface area contributed by atoms with Gasteiger partial charge in [-0.2, -0.15) is 0 Å². The summed E-state index contributed by atoms with van der Waals surface area (Å²) in [5.74, 6) is 0.894. The van der Waals surface area contributed by atoms with Crippen LogP contribution in [0.5, 0.6) is 0 Å². The van der Waals surface area contributed by atoms with Crippen molar-refractivity contribution >= 4 is 40.5 Å². The molecule has 0 N–H and O–H groups in total.